The minimum Gasteiger partial charge on any atom is -0.490 e. The molecule has 37 heavy (non-hydrogen) atoms. The number of aromatic amines is 1. The number of ketones is 1. The number of fused-ring (bicyclic) bond motifs is 2. The van der Waals surface area contributed by atoms with Crippen molar-refractivity contribution in [3.8, 4) is 11.8 Å². The second-order valence-electron chi connectivity index (χ2n) is 11.1. The van der Waals surface area contributed by atoms with Crippen LogP contribution in [0.15, 0.2) is 18.2 Å². The molecule has 2 amide bonds. The van der Waals surface area contributed by atoms with Crippen molar-refractivity contribution >= 4 is 40.1 Å². The predicted octanol–water partition coefficient (Wildman–Crippen LogP) is 4.37. The van der Waals surface area contributed by atoms with Crippen LogP contribution in [0.25, 0.3) is 10.9 Å². The molecule has 2 N–H and O–H groups in total. The van der Waals surface area contributed by atoms with Gasteiger partial charge >= 0.3 is 0 Å². The second kappa shape index (κ2) is 9.68. The highest BCUT2D eigenvalue weighted by Gasteiger charge is 2.50. The summed E-state index contributed by atoms with van der Waals surface area (Å²) >= 11 is 6.31. The Balaban J connectivity index is 1.24. The summed E-state index contributed by atoms with van der Waals surface area (Å²) in [7, 11) is 0. The molecule has 1 aromatic carbocycles. The fourth-order valence-corrected chi connectivity index (χ4v) is 6.78. The third kappa shape index (κ3) is 4.70. The molecule has 2 aromatic rings. The van der Waals surface area contributed by atoms with Crippen molar-refractivity contribution in [3.63, 3.8) is 0 Å². The number of aromatic nitrogens is 1. The van der Waals surface area contributed by atoms with Crippen LogP contribution >= 0.6 is 11.6 Å². The van der Waals surface area contributed by atoms with E-state index in [1.165, 1.54) is 0 Å². The Labute approximate surface area is 220 Å². The van der Waals surface area contributed by atoms with Gasteiger partial charge in [-0.15, -0.1) is 0 Å². The Morgan fingerprint density at radius 2 is 2.03 bits per heavy atom. The number of carbonyl (C=O) groups excluding carboxylic acids is 3. The van der Waals surface area contributed by atoms with E-state index in [0.717, 1.165) is 55.8 Å². The van der Waals surface area contributed by atoms with Crippen LogP contribution in [0.2, 0.25) is 5.02 Å². The number of nitrogens with one attached hydrogen (secondary N) is 2. The zero-order valence-corrected chi connectivity index (χ0v) is 21.4. The Kier molecular flexibility index (Phi) is 6.36. The van der Waals surface area contributed by atoms with Crippen molar-refractivity contribution in [1.82, 2.24) is 15.2 Å². The summed E-state index contributed by atoms with van der Waals surface area (Å²) < 4.78 is 6.03. The summed E-state index contributed by atoms with van der Waals surface area (Å²) in [5, 5.41) is 13.9. The van der Waals surface area contributed by atoms with Gasteiger partial charge in [0.25, 0.3) is 5.91 Å². The molecule has 0 unspecified atom stereocenters. The van der Waals surface area contributed by atoms with Crippen LogP contribution < -0.4 is 10.1 Å². The highest BCUT2D eigenvalue weighted by molar-refractivity contribution is 6.31. The van der Waals surface area contributed by atoms with E-state index in [9.17, 15) is 19.6 Å². The van der Waals surface area contributed by atoms with E-state index in [1.807, 2.05) is 0 Å². The number of hydrogen-bond donors (Lipinski definition) is 2. The number of amides is 2. The number of benzene rings is 1. The van der Waals surface area contributed by atoms with Crippen LogP contribution in [0.1, 0.15) is 68.3 Å². The maximum absolute atomic E-state index is 13.8. The summed E-state index contributed by atoms with van der Waals surface area (Å²) in [6, 6.07) is 6.14. The standard InChI is InChI=1S/C28H31ClN4O4/c29-17-10-22-21(25(11-17)37-19-7-8-19)12-23(32-22)28(36)33-14-16-4-1-5-20(16)26(33)27(35)31-18(13-30)9-15-3-2-6-24(15)34/h10-12,15-16,18-20,26,32H,1-9,14H2,(H,31,35)/t15-,16-,18-,20-,26-/m0/s1. The molecule has 4 aliphatic rings. The van der Waals surface area contributed by atoms with Crippen LogP contribution in [0, 0.1) is 29.1 Å². The summed E-state index contributed by atoms with van der Waals surface area (Å²) in [6.45, 7) is 0.515. The highest BCUT2D eigenvalue weighted by atomic mass is 35.5. The van der Waals surface area contributed by atoms with Gasteiger partial charge in [-0.3, -0.25) is 14.4 Å². The Morgan fingerprint density at radius 3 is 2.76 bits per heavy atom. The number of Topliss-reactive ketones (excluding diaryl/α,β-unsaturated/α-hetero) is 1. The maximum atomic E-state index is 13.8. The number of nitrogens with zero attached hydrogens (tertiary/aromatic N) is 2. The molecule has 3 saturated carbocycles. The maximum Gasteiger partial charge on any atom is 0.271 e. The molecule has 6 rings (SSSR count). The van der Waals surface area contributed by atoms with E-state index in [1.54, 1.807) is 23.1 Å². The molecule has 1 aromatic heterocycles. The first kappa shape index (κ1) is 24.3. The lowest BCUT2D eigenvalue weighted by molar-refractivity contribution is -0.127. The third-order valence-electron chi connectivity index (χ3n) is 8.56. The van der Waals surface area contributed by atoms with Crippen molar-refractivity contribution < 1.29 is 19.1 Å². The Hall–Kier alpha value is -3.05. The molecular formula is C28H31ClN4O4. The first-order chi connectivity index (χ1) is 17.9. The minimum absolute atomic E-state index is 0.0731. The number of halogens is 1. The predicted molar refractivity (Wildman–Crippen MR) is 137 cm³/mol. The van der Waals surface area contributed by atoms with Crippen molar-refractivity contribution in [3.05, 3.63) is 28.9 Å². The van der Waals surface area contributed by atoms with Gasteiger partial charge < -0.3 is 19.9 Å². The summed E-state index contributed by atoms with van der Waals surface area (Å²) in [4.78, 5) is 44.3. The first-order valence-electron chi connectivity index (χ1n) is 13.4. The van der Waals surface area contributed by atoms with Gasteiger partial charge in [0.2, 0.25) is 5.91 Å². The van der Waals surface area contributed by atoms with Gasteiger partial charge in [-0.05, 0) is 75.0 Å². The van der Waals surface area contributed by atoms with Crippen LogP contribution in [0.5, 0.6) is 5.75 Å². The fraction of sp³-hybridized carbons (Fsp3) is 0.571. The van der Waals surface area contributed by atoms with E-state index in [4.69, 9.17) is 16.3 Å². The molecule has 0 bridgehead atoms. The molecule has 194 valence electrons. The molecule has 9 heteroatoms. The smallest absolute Gasteiger partial charge is 0.271 e. The Bertz CT molecular complexity index is 1300. The van der Waals surface area contributed by atoms with Crippen molar-refractivity contribution in [2.45, 2.75) is 76.0 Å². The second-order valence-corrected chi connectivity index (χ2v) is 11.5. The van der Waals surface area contributed by atoms with E-state index >= 15 is 0 Å². The van der Waals surface area contributed by atoms with Crippen LogP contribution in [-0.2, 0) is 9.59 Å². The van der Waals surface area contributed by atoms with Gasteiger partial charge in [0, 0.05) is 29.3 Å². The average Bonchev–Trinajstić information content (AvgIpc) is 3.22. The molecule has 1 saturated heterocycles. The van der Waals surface area contributed by atoms with Gasteiger partial charge in [-0.25, -0.2) is 0 Å². The first-order valence-corrected chi connectivity index (χ1v) is 13.8. The van der Waals surface area contributed by atoms with Gasteiger partial charge in [0.15, 0.2) is 0 Å². The lowest BCUT2D eigenvalue weighted by Gasteiger charge is -2.28. The molecule has 5 atom stereocenters. The van der Waals surface area contributed by atoms with E-state index in [-0.39, 0.29) is 41.5 Å². The fourth-order valence-electron chi connectivity index (χ4n) is 6.58. The van der Waals surface area contributed by atoms with Gasteiger partial charge in [-0.1, -0.05) is 18.0 Å². The molecule has 2 heterocycles. The van der Waals surface area contributed by atoms with E-state index in [2.05, 4.69) is 16.4 Å². The number of nitriles is 1. The minimum atomic E-state index is -0.741. The summed E-state index contributed by atoms with van der Waals surface area (Å²) in [5.74, 6) is 0.470. The molecule has 0 spiro atoms. The van der Waals surface area contributed by atoms with Crippen molar-refractivity contribution in [2.75, 3.05) is 6.54 Å². The van der Waals surface area contributed by atoms with E-state index in [0.29, 0.717) is 35.9 Å². The van der Waals surface area contributed by atoms with Crippen LogP contribution in [0.3, 0.4) is 0 Å². The third-order valence-corrected chi connectivity index (χ3v) is 8.78. The zero-order chi connectivity index (χ0) is 25.7. The monoisotopic (exact) mass is 522 g/mol. The molecular weight excluding hydrogens is 492 g/mol. The number of carbonyl (C=O) groups is 3. The molecule has 1 aliphatic heterocycles. The van der Waals surface area contributed by atoms with Gasteiger partial charge in [0.05, 0.1) is 17.7 Å². The average molecular weight is 523 g/mol. The summed E-state index contributed by atoms with van der Waals surface area (Å²) in [5.41, 5.74) is 1.11. The van der Waals surface area contributed by atoms with Crippen LogP contribution in [0.4, 0.5) is 0 Å². The number of likely N-dealkylation sites (tertiary alicyclic amines) is 1. The number of ether oxygens (including phenoxy) is 1. The van der Waals surface area contributed by atoms with Crippen molar-refractivity contribution in [1.29, 1.82) is 5.26 Å². The molecule has 8 nitrogen and oxygen atoms in total. The lowest BCUT2D eigenvalue weighted by atomic mass is 9.92. The quantitative estimate of drug-likeness (QED) is 0.560. The van der Waals surface area contributed by atoms with Crippen LogP contribution in [-0.4, -0.2) is 52.2 Å². The topological polar surface area (TPSA) is 115 Å². The molecule has 0 radical (unpaired) electrons. The largest absolute Gasteiger partial charge is 0.490 e. The zero-order valence-electron chi connectivity index (χ0n) is 20.7. The number of H-pyrrole nitrogens is 1. The highest BCUT2D eigenvalue weighted by Crippen LogP contribution is 2.43. The molecule has 3 aliphatic carbocycles. The van der Waals surface area contributed by atoms with E-state index < -0.39 is 12.1 Å². The SMILES string of the molecule is N#C[C@H](C[C@@H]1CCCC1=O)NC(=O)[C@@H]1[C@H]2CCC[C@H]2CN1C(=O)c1cc2c(OC3CC3)cc(Cl)cc2[nH]1. The number of hydrogen-bond acceptors (Lipinski definition) is 5. The molecule has 4 fully saturated rings. The summed E-state index contributed by atoms with van der Waals surface area (Å²) in [6.07, 6.45) is 7.60. The normalized spacial score (nSPS) is 27.8. The lowest BCUT2D eigenvalue weighted by Crippen LogP contribution is -2.51. The number of rotatable bonds is 7. The van der Waals surface area contributed by atoms with Gasteiger partial charge in [0.1, 0.15) is 29.3 Å². The van der Waals surface area contributed by atoms with Gasteiger partial charge in [-0.2, -0.15) is 5.26 Å². The Morgan fingerprint density at radius 1 is 1.19 bits per heavy atom. The van der Waals surface area contributed by atoms with Crippen molar-refractivity contribution in [2.24, 2.45) is 17.8 Å².